The number of pyridine rings is 1. The van der Waals surface area contributed by atoms with Gasteiger partial charge in [-0.15, -0.1) is 11.3 Å². The van der Waals surface area contributed by atoms with Gasteiger partial charge in [-0.05, 0) is 44.6 Å². The van der Waals surface area contributed by atoms with Gasteiger partial charge >= 0.3 is 0 Å². The first-order chi connectivity index (χ1) is 16.4. The summed E-state index contributed by atoms with van der Waals surface area (Å²) in [6.07, 6.45) is 8.19. The predicted molar refractivity (Wildman–Crippen MR) is 138 cm³/mol. The van der Waals surface area contributed by atoms with E-state index in [0.717, 1.165) is 65.4 Å². The number of carbonyl (C=O) groups is 1. The standard InChI is InChI=1S/C24H27ClN6OS2/c1-13(2)7-22-30-18-10-26-17(19-12-33-14(3)28-19)9-20(18)31(22)16-6-4-5-15(8-16)29-23(32)24-27-11-21(25)34-24/h9-13,15-16H,4-8H2,1-3H3,(H,29,32)/t15-,16+/m0/s1. The van der Waals surface area contributed by atoms with Crippen LogP contribution in [0.4, 0.5) is 0 Å². The molecule has 1 fully saturated rings. The number of fused-ring (bicyclic) bond motifs is 1. The number of thiazole rings is 2. The van der Waals surface area contributed by atoms with E-state index >= 15 is 0 Å². The van der Waals surface area contributed by atoms with Gasteiger partial charge in [-0.1, -0.05) is 36.8 Å². The predicted octanol–water partition coefficient (Wildman–Crippen LogP) is 6.09. The highest BCUT2D eigenvalue weighted by Gasteiger charge is 2.29. The topological polar surface area (TPSA) is 85.6 Å². The Labute approximate surface area is 211 Å². The summed E-state index contributed by atoms with van der Waals surface area (Å²) < 4.78 is 2.92. The smallest absolute Gasteiger partial charge is 0.280 e. The molecule has 1 aliphatic carbocycles. The van der Waals surface area contributed by atoms with E-state index in [0.29, 0.717) is 15.3 Å². The fourth-order valence-corrected chi connectivity index (χ4v) is 6.14. The van der Waals surface area contributed by atoms with E-state index < -0.39 is 0 Å². The summed E-state index contributed by atoms with van der Waals surface area (Å²) in [5.74, 6) is 1.42. The van der Waals surface area contributed by atoms with Crippen LogP contribution in [-0.4, -0.2) is 36.5 Å². The maximum Gasteiger partial charge on any atom is 0.280 e. The molecule has 2 atom stereocenters. The van der Waals surface area contributed by atoms with Gasteiger partial charge in [-0.2, -0.15) is 0 Å². The van der Waals surface area contributed by atoms with Gasteiger partial charge in [-0.3, -0.25) is 9.78 Å². The summed E-state index contributed by atoms with van der Waals surface area (Å²) in [6.45, 7) is 6.44. The second-order valence-corrected chi connectivity index (χ2v) is 12.0. The van der Waals surface area contributed by atoms with E-state index in [-0.39, 0.29) is 18.0 Å². The molecule has 1 aliphatic rings. The lowest BCUT2D eigenvalue weighted by Gasteiger charge is -2.32. The number of aromatic nitrogens is 5. The van der Waals surface area contributed by atoms with Crippen molar-refractivity contribution in [3.63, 3.8) is 0 Å². The highest BCUT2D eigenvalue weighted by atomic mass is 35.5. The number of amides is 1. The average molecular weight is 515 g/mol. The number of rotatable bonds is 6. The largest absolute Gasteiger partial charge is 0.347 e. The number of hydrogen-bond acceptors (Lipinski definition) is 7. The van der Waals surface area contributed by atoms with Crippen LogP contribution in [0.15, 0.2) is 23.8 Å². The van der Waals surface area contributed by atoms with E-state index in [1.807, 2.05) is 13.1 Å². The van der Waals surface area contributed by atoms with Crippen molar-refractivity contribution in [2.24, 2.45) is 5.92 Å². The summed E-state index contributed by atoms with van der Waals surface area (Å²) in [6, 6.07) is 2.46. The van der Waals surface area contributed by atoms with Gasteiger partial charge in [0, 0.05) is 23.9 Å². The summed E-state index contributed by atoms with van der Waals surface area (Å²) in [4.78, 5) is 31.1. The monoisotopic (exact) mass is 514 g/mol. The zero-order valence-electron chi connectivity index (χ0n) is 19.4. The molecule has 1 saturated carbocycles. The van der Waals surface area contributed by atoms with Crippen LogP contribution in [0.2, 0.25) is 4.34 Å². The molecule has 5 rings (SSSR count). The van der Waals surface area contributed by atoms with Crippen LogP contribution in [0.5, 0.6) is 0 Å². The van der Waals surface area contributed by atoms with Gasteiger partial charge < -0.3 is 9.88 Å². The van der Waals surface area contributed by atoms with Gasteiger partial charge in [0.25, 0.3) is 5.91 Å². The van der Waals surface area contributed by atoms with E-state index in [1.165, 1.54) is 17.5 Å². The Hall–Kier alpha value is -2.36. The molecule has 0 aromatic carbocycles. The Morgan fingerprint density at radius 2 is 2.09 bits per heavy atom. The molecule has 1 amide bonds. The second-order valence-electron chi connectivity index (χ2n) is 9.27. The van der Waals surface area contributed by atoms with Crippen molar-refractivity contribution in [3.8, 4) is 11.4 Å². The van der Waals surface area contributed by atoms with Crippen molar-refractivity contribution in [2.45, 2.75) is 65.0 Å². The zero-order valence-corrected chi connectivity index (χ0v) is 21.8. The van der Waals surface area contributed by atoms with Crippen molar-refractivity contribution >= 4 is 51.2 Å². The minimum absolute atomic E-state index is 0.0840. The normalized spacial score (nSPS) is 18.6. The maximum absolute atomic E-state index is 12.7. The third kappa shape index (κ3) is 4.87. The molecule has 1 N–H and O–H groups in total. The van der Waals surface area contributed by atoms with Crippen molar-refractivity contribution in [1.82, 2.24) is 29.8 Å². The molecule has 10 heteroatoms. The van der Waals surface area contributed by atoms with Crippen LogP contribution in [-0.2, 0) is 6.42 Å². The first-order valence-corrected chi connectivity index (χ1v) is 13.7. The van der Waals surface area contributed by atoms with E-state index in [4.69, 9.17) is 16.6 Å². The molecule has 34 heavy (non-hydrogen) atoms. The Morgan fingerprint density at radius 1 is 1.24 bits per heavy atom. The Kier molecular flexibility index (Phi) is 6.68. The second kappa shape index (κ2) is 9.71. The molecule has 0 aliphatic heterocycles. The molecule has 0 spiro atoms. The molecule has 178 valence electrons. The third-order valence-corrected chi connectivity index (χ3v) is 8.03. The highest BCUT2D eigenvalue weighted by Crippen LogP contribution is 2.35. The molecule has 0 saturated heterocycles. The maximum atomic E-state index is 12.7. The molecule has 0 unspecified atom stereocenters. The minimum Gasteiger partial charge on any atom is -0.347 e. The van der Waals surface area contributed by atoms with E-state index in [1.54, 1.807) is 11.3 Å². The van der Waals surface area contributed by atoms with Crippen molar-refractivity contribution < 1.29 is 4.79 Å². The van der Waals surface area contributed by atoms with Crippen molar-refractivity contribution in [1.29, 1.82) is 0 Å². The first-order valence-electron chi connectivity index (χ1n) is 11.6. The summed E-state index contributed by atoms with van der Waals surface area (Å²) in [7, 11) is 0. The van der Waals surface area contributed by atoms with E-state index in [2.05, 4.69) is 50.1 Å². The van der Waals surface area contributed by atoms with E-state index in [9.17, 15) is 4.79 Å². The fraction of sp³-hybridized carbons (Fsp3) is 0.458. The fourth-order valence-electron chi connectivity index (χ4n) is 4.72. The molecule has 0 radical (unpaired) electrons. The van der Waals surface area contributed by atoms with Crippen LogP contribution >= 0.6 is 34.3 Å². The molecule has 4 aromatic heterocycles. The summed E-state index contributed by atoms with van der Waals surface area (Å²) >= 11 is 8.81. The number of nitrogens with one attached hydrogen (secondary N) is 1. The molecular weight excluding hydrogens is 488 g/mol. The van der Waals surface area contributed by atoms with Crippen LogP contribution in [0.3, 0.4) is 0 Å². The SMILES string of the molecule is Cc1nc(-c2cc3c(cn2)nc(CC(C)C)n3[C@@H]2CCC[C@H](NC(=O)c3ncc(Cl)s3)C2)cs1. The van der Waals surface area contributed by atoms with Crippen molar-refractivity contribution in [2.75, 3.05) is 0 Å². The summed E-state index contributed by atoms with van der Waals surface area (Å²) in [5.41, 5.74) is 3.78. The van der Waals surface area contributed by atoms with Crippen LogP contribution in [0.1, 0.15) is 66.2 Å². The molecule has 4 aromatic rings. The van der Waals surface area contributed by atoms with Crippen molar-refractivity contribution in [3.05, 3.63) is 44.0 Å². The number of carbonyl (C=O) groups excluding carboxylic acids is 1. The number of halogens is 1. The van der Waals surface area contributed by atoms with Crippen LogP contribution in [0, 0.1) is 12.8 Å². The zero-order chi connectivity index (χ0) is 23.8. The van der Waals surface area contributed by atoms with Crippen LogP contribution in [0.25, 0.3) is 22.4 Å². The van der Waals surface area contributed by atoms with Crippen LogP contribution < -0.4 is 5.32 Å². The lowest BCUT2D eigenvalue weighted by molar-refractivity contribution is 0.0920. The van der Waals surface area contributed by atoms with Gasteiger partial charge in [0.2, 0.25) is 0 Å². The average Bonchev–Trinajstić information content (AvgIpc) is 3.51. The molecule has 4 heterocycles. The molecule has 0 bridgehead atoms. The van der Waals surface area contributed by atoms with Gasteiger partial charge in [0.15, 0.2) is 5.01 Å². The Morgan fingerprint density at radius 3 is 2.79 bits per heavy atom. The Bertz CT molecular complexity index is 1330. The lowest BCUT2D eigenvalue weighted by Crippen LogP contribution is -2.39. The lowest BCUT2D eigenvalue weighted by atomic mass is 9.90. The third-order valence-electron chi connectivity index (χ3n) is 6.14. The molecular formula is C24H27ClN6OS2. The highest BCUT2D eigenvalue weighted by molar-refractivity contribution is 7.17. The van der Waals surface area contributed by atoms with Gasteiger partial charge in [0.05, 0.1) is 34.3 Å². The number of aryl methyl sites for hydroxylation is 1. The number of nitrogens with zero attached hydrogens (tertiary/aromatic N) is 5. The quantitative estimate of drug-likeness (QED) is 0.336. The molecule has 7 nitrogen and oxygen atoms in total. The Balaban J connectivity index is 1.46. The summed E-state index contributed by atoms with van der Waals surface area (Å²) in [5, 5.41) is 6.67. The van der Waals surface area contributed by atoms with Gasteiger partial charge in [-0.25, -0.2) is 15.0 Å². The number of hydrogen-bond donors (Lipinski definition) is 1. The first kappa shape index (κ1) is 23.4. The minimum atomic E-state index is -0.147. The van der Waals surface area contributed by atoms with Gasteiger partial charge in [0.1, 0.15) is 15.7 Å². The number of imidazole rings is 1.